The molecule has 0 unspecified atom stereocenters. The number of H-pyrrole nitrogens is 1. The van der Waals surface area contributed by atoms with Crippen molar-refractivity contribution in [2.24, 2.45) is 0 Å². The van der Waals surface area contributed by atoms with Gasteiger partial charge < -0.3 is 0 Å². The molecule has 82 valence electrons. The second-order valence-corrected chi connectivity index (χ2v) is 4.52. The molecule has 1 saturated carbocycles. The van der Waals surface area contributed by atoms with E-state index < -0.39 is 0 Å². The molecule has 1 aliphatic carbocycles. The topological polar surface area (TPSA) is 41.6 Å². The zero-order valence-corrected chi connectivity index (χ0v) is 9.40. The van der Waals surface area contributed by atoms with Gasteiger partial charge in [-0.15, -0.1) is 0 Å². The molecule has 0 aliphatic heterocycles. The third-order valence-electron chi connectivity index (χ3n) is 3.11. The number of aromatic nitrogens is 3. The Morgan fingerprint density at radius 2 is 2.12 bits per heavy atom. The lowest BCUT2D eigenvalue weighted by Gasteiger charge is -2.01. The maximum atomic E-state index is 4.54. The molecule has 1 heterocycles. The number of rotatable bonds is 3. The molecule has 1 N–H and O–H groups in total. The minimum absolute atomic E-state index is 0.627. The molecule has 3 rings (SSSR count). The predicted molar refractivity (Wildman–Crippen MR) is 62.3 cm³/mol. The van der Waals surface area contributed by atoms with Crippen molar-refractivity contribution >= 4 is 0 Å². The Morgan fingerprint density at radius 3 is 2.88 bits per heavy atom. The van der Waals surface area contributed by atoms with Crippen LogP contribution in [-0.2, 0) is 6.42 Å². The van der Waals surface area contributed by atoms with Crippen LogP contribution in [-0.4, -0.2) is 15.2 Å². The van der Waals surface area contributed by atoms with Gasteiger partial charge in [0.25, 0.3) is 0 Å². The number of hydrogen-bond donors (Lipinski definition) is 1. The average molecular weight is 213 g/mol. The second kappa shape index (κ2) is 3.74. The molecule has 0 saturated heterocycles. The molecule has 2 aromatic rings. The van der Waals surface area contributed by atoms with Crippen molar-refractivity contribution < 1.29 is 0 Å². The van der Waals surface area contributed by atoms with E-state index in [-0.39, 0.29) is 0 Å². The molecule has 0 amide bonds. The van der Waals surface area contributed by atoms with E-state index in [0.29, 0.717) is 5.92 Å². The number of nitrogens with one attached hydrogen (secondary N) is 1. The standard InChI is InChI=1S/C13H15N3/c1-9-4-2-3-5-11(9)8-12-14-13(16-15-12)10-6-7-10/h2-5,10H,6-8H2,1H3,(H,14,15,16). The van der Waals surface area contributed by atoms with Crippen LogP contribution < -0.4 is 0 Å². The van der Waals surface area contributed by atoms with Crippen LogP contribution in [0.5, 0.6) is 0 Å². The summed E-state index contributed by atoms with van der Waals surface area (Å²) in [7, 11) is 0. The van der Waals surface area contributed by atoms with Crippen LogP contribution in [0.3, 0.4) is 0 Å². The first-order chi connectivity index (χ1) is 7.83. The van der Waals surface area contributed by atoms with Crippen molar-refractivity contribution in [2.45, 2.75) is 32.1 Å². The third kappa shape index (κ3) is 1.85. The number of aryl methyl sites for hydroxylation is 1. The molecular weight excluding hydrogens is 198 g/mol. The van der Waals surface area contributed by atoms with Gasteiger partial charge in [-0.2, -0.15) is 5.10 Å². The molecule has 1 fully saturated rings. The van der Waals surface area contributed by atoms with E-state index in [2.05, 4.69) is 46.4 Å². The van der Waals surface area contributed by atoms with Crippen molar-refractivity contribution in [1.82, 2.24) is 15.2 Å². The van der Waals surface area contributed by atoms with E-state index in [1.54, 1.807) is 0 Å². The molecule has 1 aliphatic rings. The maximum Gasteiger partial charge on any atom is 0.153 e. The minimum atomic E-state index is 0.627. The molecule has 0 atom stereocenters. The van der Waals surface area contributed by atoms with Crippen LogP contribution in [0, 0.1) is 6.92 Å². The Balaban J connectivity index is 1.80. The summed E-state index contributed by atoms with van der Waals surface area (Å²) in [6, 6.07) is 8.41. The van der Waals surface area contributed by atoms with E-state index in [9.17, 15) is 0 Å². The van der Waals surface area contributed by atoms with Gasteiger partial charge in [-0.3, -0.25) is 5.10 Å². The quantitative estimate of drug-likeness (QED) is 0.851. The van der Waals surface area contributed by atoms with Crippen LogP contribution in [0.1, 0.15) is 41.5 Å². The van der Waals surface area contributed by atoms with Crippen LogP contribution >= 0.6 is 0 Å². The zero-order chi connectivity index (χ0) is 11.0. The first-order valence-corrected chi connectivity index (χ1v) is 5.78. The lowest BCUT2D eigenvalue weighted by Crippen LogP contribution is -1.93. The number of nitrogens with zero attached hydrogens (tertiary/aromatic N) is 2. The van der Waals surface area contributed by atoms with Crippen LogP contribution in [0.2, 0.25) is 0 Å². The summed E-state index contributed by atoms with van der Waals surface area (Å²) >= 11 is 0. The minimum Gasteiger partial charge on any atom is -0.263 e. The monoisotopic (exact) mass is 213 g/mol. The third-order valence-corrected chi connectivity index (χ3v) is 3.11. The largest absolute Gasteiger partial charge is 0.263 e. The van der Waals surface area contributed by atoms with E-state index in [1.165, 1.54) is 24.0 Å². The van der Waals surface area contributed by atoms with Crippen molar-refractivity contribution in [3.8, 4) is 0 Å². The number of benzene rings is 1. The molecular formula is C13H15N3. The van der Waals surface area contributed by atoms with Gasteiger partial charge in [0.15, 0.2) is 5.82 Å². The number of hydrogen-bond acceptors (Lipinski definition) is 2. The molecule has 0 radical (unpaired) electrons. The van der Waals surface area contributed by atoms with Crippen molar-refractivity contribution in [2.75, 3.05) is 0 Å². The molecule has 0 bridgehead atoms. The smallest absolute Gasteiger partial charge is 0.153 e. The van der Waals surface area contributed by atoms with Gasteiger partial charge in [0.05, 0.1) is 0 Å². The van der Waals surface area contributed by atoms with Crippen molar-refractivity contribution in [1.29, 1.82) is 0 Å². The van der Waals surface area contributed by atoms with Gasteiger partial charge in [-0.25, -0.2) is 4.98 Å². The fraction of sp³-hybridized carbons (Fsp3) is 0.385. The Morgan fingerprint density at radius 1 is 1.31 bits per heavy atom. The highest BCUT2D eigenvalue weighted by Gasteiger charge is 2.27. The predicted octanol–water partition coefficient (Wildman–Crippen LogP) is 2.58. The second-order valence-electron chi connectivity index (χ2n) is 4.52. The highest BCUT2D eigenvalue weighted by Crippen LogP contribution is 2.37. The van der Waals surface area contributed by atoms with Gasteiger partial charge >= 0.3 is 0 Å². The van der Waals surface area contributed by atoms with Crippen LogP contribution in [0.15, 0.2) is 24.3 Å². The first-order valence-electron chi connectivity index (χ1n) is 5.78. The van der Waals surface area contributed by atoms with Gasteiger partial charge in [-0.05, 0) is 30.9 Å². The summed E-state index contributed by atoms with van der Waals surface area (Å²) in [5, 5.41) is 7.31. The summed E-state index contributed by atoms with van der Waals surface area (Å²) < 4.78 is 0. The van der Waals surface area contributed by atoms with E-state index >= 15 is 0 Å². The average Bonchev–Trinajstić information content (AvgIpc) is 3.03. The lowest BCUT2D eigenvalue weighted by atomic mass is 10.1. The van der Waals surface area contributed by atoms with E-state index in [4.69, 9.17) is 0 Å². The summed E-state index contributed by atoms with van der Waals surface area (Å²) in [4.78, 5) is 4.54. The van der Waals surface area contributed by atoms with Gasteiger partial charge in [0.1, 0.15) is 5.82 Å². The van der Waals surface area contributed by atoms with Gasteiger partial charge in [-0.1, -0.05) is 24.3 Å². The molecule has 1 aromatic carbocycles. The molecule has 1 aromatic heterocycles. The van der Waals surface area contributed by atoms with Gasteiger partial charge in [0, 0.05) is 12.3 Å². The summed E-state index contributed by atoms with van der Waals surface area (Å²) in [5.74, 6) is 2.61. The normalized spacial score (nSPS) is 15.3. The van der Waals surface area contributed by atoms with Crippen LogP contribution in [0.25, 0.3) is 0 Å². The fourth-order valence-electron chi connectivity index (χ4n) is 1.90. The number of aromatic amines is 1. The Bertz CT molecular complexity index is 497. The van der Waals surface area contributed by atoms with E-state index in [1.807, 2.05) is 0 Å². The first kappa shape index (κ1) is 9.58. The van der Waals surface area contributed by atoms with Gasteiger partial charge in [0.2, 0.25) is 0 Å². The Kier molecular flexibility index (Phi) is 2.24. The molecule has 0 spiro atoms. The fourth-order valence-corrected chi connectivity index (χ4v) is 1.90. The highest BCUT2D eigenvalue weighted by atomic mass is 15.2. The van der Waals surface area contributed by atoms with E-state index in [0.717, 1.165) is 18.1 Å². The maximum absolute atomic E-state index is 4.54. The SMILES string of the molecule is Cc1ccccc1Cc1nc(C2CC2)n[nH]1. The van der Waals surface area contributed by atoms with Crippen LogP contribution in [0.4, 0.5) is 0 Å². The Labute approximate surface area is 94.9 Å². The summed E-state index contributed by atoms with van der Waals surface area (Å²) in [6.07, 6.45) is 3.36. The molecule has 3 heteroatoms. The molecule has 3 nitrogen and oxygen atoms in total. The molecule has 16 heavy (non-hydrogen) atoms. The summed E-state index contributed by atoms with van der Waals surface area (Å²) in [6.45, 7) is 2.13. The lowest BCUT2D eigenvalue weighted by molar-refractivity contribution is 0.932. The highest BCUT2D eigenvalue weighted by molar-refractivity contribution is 5.28. The van der Waals surface area contributed by atoms with Crippen molar-refractivity contribution in [3.63, 3.8) is 0 Å². The zero-order valence-electron chi connectivity index (χ0n) is 9.40. The summed E-state index contributed by atoms with van der Waals surface area (Å²) in [5.41, 5.74) is 2.63. The Hall–Kier alpha value is -1.64. The van der Waals surface area contributed by atoms with Crippen molar-refractivity contribution in [3.05, 3.63) is 47.0 Å².